The molecule has 9 heteroatoms. The lowest BCUT2D eigenvalue weighted by molar-refractivity contribution is -0.131. The summed E-state index contributed by atoms with van der Waals surface area (Å²) < 4.78 is 33.0. The maximum atomic E-state index is 14.0. The van der Waals surface area contributed by atoms with E-state index in [-0.39, 0.29) is 30.0 Å². The van der Waals surface area contributed by atoms with Crippen LogP contribution in [0.2, 0.25) is 0 Å². The molecule has 0 unspecified atom stereocenters. The summed E-state index contributed by atoms with van der Waals surface area (Å²) >= 11 is 0. The van der Waals surface area contributed by atoms with E-state index in [1.165, 1.54) is 16.9 Å². The van der Waals surface area contributed by atoms with Gasteiger partial charge in [0.25, 0.3) is 0 Å². The van der Waals surface area contributed by atoms with Crippen molar-refractivity contribution in [2.45, 2.75) is 31.6 Å². The molecule has 0 radical (unpaired) electrons. The zero-order chi connectivity index (χ0) is 21.5. The molecule has 1 aromatic heterocycles. The van der Waals surface area contributed by atoms with Crippen LogP contribution in [0, 0.1) is 23.5 Å². The number of halogens is 2. The van der Waals surface area contributed by atoms with E-state index in [4.69, 9.17) is 4.74 Å². The van der Waals surface area contributed by atoms with Gasteiger partial charge in [0.1, 0.15) is 23.7 Å². The number of aromatic nitrogens is 3. The van der Waals surface area contributed by atoms with Crippen LogP contribution in [-0.4, -0.2) is 56.2 Å². The highest BCUT2D eigenvalue weighted by Crippen LogP contribution is 2.38. The number of rotatable bonds is 4. The molecule has 2 fully saturated rings. The molecule has 1 amide bonds. The van der Waals surface area contributed by atoms with Crippen LogP contribution in [0.5, 0.6) is 5.75 Å². The van der Waals surface area contributed by atoms with Gasteiger partial charge in [-0.25, -0.2) is 4.39 Å². The lowest BCUT2D eigenvalue weighted by Gasteiger charge is -2.35. The first-order chi connectivity index (χ1) is 15.0. The number of benzene rings is 2. The van der Waals surface area contributed by atoms with Crippen molar-refractivity contribution < 1.29 is 23.4 Å². The van der Waals surface area contributed by atoms with E-state index in [1.807, 2.05) is 24.3 Å². The van der Waals surface area contributed by atoms with Crippen molar-refractivity contribution in [3.63, 3.8) is 0 Å². The zero-order valence-electron chi connectivity index (χ0n) is 16.7. The molecule has 4 atom stereocenters. The number of nitrogens with zero attached hydrogens (tertiary/aromatic N) is 4. The molecule has 1 saturated carbocycles. The maximum absolute atomic E-state index is 14.0. The third-order valence-electron chi connectivity index (χ3n) is 6.24. The van der Waals surface area contributed by atoms with Crippen molar-refractivity contribution in [2.75, 3.05) is 13.1 Å². The third kappa shape index (κ3) is 3.85. The lowest BCUT2D eigenvalue weighted by Crippen LogP contribution is -2.42. The molecular formula is C22H22F2N4O3. The topological polar surface area (TPSA) is 80.5 Å². The molecule has 1 N–H and O–H groups in total. The minimum Gasteiger partial charge on any atom is -0.485 e. The number of aliphatic hydroxyl groups is 1. The summed E-state index contributed by atoms with van der Waals surface area (Å²) in [5.41, 5.74) is 1.47. The van der Waals surface area contributed by atoms with Gasteiger partial charge in [0, 0.05) is 13.1 Å². The van der Waals surface area contributed by atoms with Crippen molar-refractivity contribution in [2.24, 2.45) is 11.8 Å². The first-order valence-electron chi connectivity index (χ1n) is 10.3. The quantitative estimate of drug-likeness (QED) is 0.690. The number of hydrogen-bond acceptors (Lipinski definition) is 5. The minimum atomic E-state index is -1.06. The first kappa shape index (κ1) is 19.9. The fourth-order valence-corrected chi connectivity index (χ4v) is 4.65. The smallest absolute Gasteiger partial charge is 0.246 e. The maximum Gasteiger partial charge on any atom is 0.246 e. The Kier molecular flexibility index (Phi) is 5.05. The van der Waals surface area contributed by atoms with E-state index in [1.54, 1.807) is 4.90 Å². The van der Waals surface area contributed by atoms with Crippen molar-refractivity contribution in [1.29, 1.82) is 0 Å². The highest BCUT2D eigenvalue weighted by Gasteiger charge is 2.44. The molecule has 2 heterocycles. The Labute approximate surface area is 177 Å². The van der Waals surface area contributed by atoms with Crippen LogP contribution >= 0.6 is 0 Å². The number of hydrogen-bond donors (Lipinski definition) is 1. The fraction of sp³-hybridized carbons (Fsp3) is 0.409. The number of ether oxygens (including phenoxy) is 1. The molecule has 5 rings (SSSR count). The summed E-state index contributed by atoms with van der Waals surface area (Å²) in [5.74, 6) is -2.07. The first-order valence-corrected chi connectivity index (χ1v) is 10.3. The number of amides is 1. The molecule has 31 heavy (non-hydrogen) atoms. The Morgan fingerprint density at radius 1 is 1.03 bits per heavy atom. The van der Waals surface area contributed by atoms with Gasteiger partial charge in [-0.05, 0) is 48.9 Å². The van der Waals surface area contributed by atoms with Gasteiger partial charge in [0.2, 0.25) is 11.7 Å². The largest absolute Gasteiger partial charge is 0.485 e. The van der Waals surface area contributed by atoms with Crippen LogP contribution in [-0.2, 0) is 11.3 Å². The van der Waals surface area contributed by atoms with Crippen LogP contribution in [0.25, 0.3) is 11.0 Å². The standard InChI is InChI=1S/C22H22F2N4O3/c23-15-4-3-7-19(22(15)24)31-20-9-14-11-27(10-13(14)8-18(20)29)21(30)12-28-25-16-5-1-2-6-17(16)26-28/h1-7,13-14,18,20,29H,8-12H2/t13-,14+,18+,20+/m0/s1. The summed E-state index contributed by atoms with van der Waals surface area (Å²) in [6.07, 6.45) is -0.544. The van der Waals surface area contributed by atoms with Gasteiger partial charge >= 0.3 is 0 Å². The lowest BCUT2D eigenvalue weighted by atomic mass is 9.78. The van der Waals surface area contributed by atoms with E-state index in [0.717, 1.165) is 17.1 Å². The zero-order valence-corrected chi connectivity index (χ0v) is 16.7. The highest BCUT2D eigenvalue weighted by molar-refractivity contribution is 5.77. The number of likely N-dealkylation sites (tertiary alicyclic amines) is 1. The number of carbonyl (C=O) groups excluding carboxylic acids is 1. The molecule has 1 aliphatic heterocycles. The van der Waals surface area contributed by atoms with Crippen LogP contribution in [0.15, 0.2) is 42.5 Å². The van der Waals surface area contributed by atoms with Gasteiger partial charge in [0.15, 0.2) is 11.6 Å². The average molecular weight is 428 g/mol. The summed E-state index contributed by atoms with van der Waals surface area (Å²) in [6.45, 7) is 1.12. The Balaban J connectivity index is 1.23. The number of carbonyl (C=O) groups is 1. The third-order valence-corrected chi connectivity index (χ3v) is 6.24. The Hall–Kier alpha value is -3.07. The summed E-state index contributed by atoms with van der Waals surface area (Å²) in [5, 5.41) is 19.2. The number of aliphatic hydroxyl groups excluding tert-OH is 1. The molecule has 1 aliphatic carbocycles. The Morgan fingerprint density at radius 3 is 2.42 bits per heavy atom. The van der Waals surface area contributed by atoms with E-state index in [9.17, 15) is 18.7 Å². The van der Waals surface area contributed by atoms with Gasteiger partial charge in [-0.2, -0.15) is 19.4 Å². The molecule has 3 aromatic rings. The summed E-state index contributed by atoms with van der Waals surface area (Å²) in [6, 6.07) is 11.2. The van der Waals surface area contributed by atoms with Crippen LogP contribution in [0.3, 0.4) is 0 Å². The molecule has 0 spiro atoms. The normalized spacial score (nSPS) is 25.6. The molecule has 0 bridgehead atoms. The Morgan fingerprint density at radius 2 is 1.71 bits per heavy atom. The summed E-state index contributed by atoms with van der Waals surface area (Å²) in [7, 11) is 0. The SMILES string of the molecule is O=C(Cn1nc2ccccc2n1)N1C[C@H]2C[C@@H](Oc3cccc(F)c3F)[C@H](O)C[C@H]2C1. The average Bonchev–Trinajstić information content (AvgIpc) is 3.34. The van der Waals surface area contributed by atoms with Crippen molar-refractivity contribution in [3.05, 3.63) is 54.1 Å². The van der Waals surface area contributed by atoms with Gasteiger partial charge in [-0.15, -0.1) is 0 Å². The van der Waals surface area contributed by atoms with Gasteiger partial charge < -0.3 is 14.7 Å². The van der Waals surface area contributed by atoms with Crippen LogP contribution < -0.4 is 4.74 Å². The van der Waals surface area contributed by atoms with Gasteiger partial charge in [-0.3, -0.25) is 4.79 Å². The molecule has 7 nitrogen and oxygen atoms in total. The van der Waals surface area contributed by atoms with E-state index in [2.05, 4.69) is 10.2 Å². The second kappa shape index (κ2) is 7.88. The van der Waals surface area contributed by atoms with Gasteiger partial charge in [0.05, 0.1) is 6.10 Å². The molecule has 1 saturated heterocycles. The Bertz CT molecular complexity index is 1090. The molecule has 2 aromatic carbocycles. The predicted octanol–water partition coefficient (Wildman–Crippen LogP) is 2.39. The van der Waals surface area contributed by atoms with Crippen LogP contribution in [0.4, 0.5) is 8.78 Å². The van der Waals surface area contributed by atoms with Crippen molar-refractivity contribution in [1.82, 2.24) is 19.9 Å². The minimum absolute atomic E-state index is 0.0467. The van der Waals surface area contributed by atoms with Crippen molar-refractivity contribution in [3.8, 4) is 5.75 Å². The molecular weight excluding hydrogens is 406 g/mol. The van der Waals surface area contributed by atoms with Gasteiger partial charge in [-0.1, -0.05) is 18.2 Å². The molecule has 162 valence electrons. The van der Waals surface area contributed by atoms with E-state index >= 15 is 0 Å². The number of fused-ring (bicyclic) bond motifs is 2. The van der Waals surface area contributed by atoms with E-state index in [0.29, 0.717) is 25.9 Å². The predicted molar refractivity (Wildman–Crippen MR) is 107 cm³/mol. The highest BCUT2D eigenvalue weighted by atomic mass is 19.2. The van der Waals surface area contributed by atoms with Crippen LogP contribution in [0.1, 0.15) is 12.8 Å². The monoisotopic (exact) mass is 428 g/mol. The molecule has 2 aliphatic rings. The summed E-state index contributed by atoms with van der Waals surface area (Å²) in [4.78, 5) is 16.0. The van der Waals surface area contributed by atoms with Crippen molar-refractivity contribution >= 4 is 16.9 Å². The fourth-order valence-electron chi connectivity index (χ4n) is 4.65. The second-order valence-electron chi connectivity index (χ2n) is 8.29. The van der Waals surface area contributed by atoms with E-state index < -0.39 is 23.8 Å². The second-order valence-corrected chi connectivity index (χ2v) is 8.29.